The third-order valence-electron chi connectivity index (χ3n) is 4.25. The van der Waals surface area contributed by atoms with Crippen molar-refractivity contribution in [1.82, 2.24) is 14.5 Å². The summed E-state index contributed by atoms with van der Waals surface area (Å²) in [6, 6.07) is 0.312. The standard InChI is InChI=1S/C15H28N4O/c1-4-18-8-5-14(6-9-18)11-17-15-16-7-10-19(15)13(2)12-20-3/h7,10,13-14H,4-6,8-9,11-12H2,1-3H3,(H,16,17). The topological polar surface area (TPSA) is 42.3 Å². The molecule has 1 atom stereocenters. The molecule has 1 N–H and O–H groups in total. The Morgan fingerprint density at radius 1 is 1.45 bits per heavy atom. The highest BCUT2D eigenvalue weighted by Crippen LogP contribution is 2.19. The number of nitrogens with one attached hydrogen (secondary N) is 1. The quantitative estimate of drug-likeness (QED) is 0.832. The number of anilines is 1. The molecule has 2 heterocycles. The molecule has 0 aromatic carbocycles. The number of piperidine rings is 1. The average molecular weight is 280 g/mol. The van der Waals surface area contributed by atoms with Gasteiger partial charge in [-0.2, -0.15) is 0 Å². The zero-order chi connectivity index (χ0) is 14.4. The van der Waals surface area contributed by atoms with Crippen LogP contribution in [0.15, 0.2) is 12.4 Å². The highest BCUT2D eigenvalue weighted by atomic mass is 16.5. The van der Waals surface area contributed by atoms with E-state index in [1.54, 1.807) is 7.11 Å². The van der Waals surface area contributed by atoms with Crippen molar-refractivity contribution < 1.29 is 4.74 Å². The lowest BCUT2D eigenvalue weighted by Crippen LogP contribution is -2.35. The Balaban J connectivity index is 1.81. The summed E-state index contributed by atoms with van der Waals surface area (Å²) in [6.45, 7) is 9.77. The molecule has 1 aromatic heterocycles. The zero-order valence-electron chi connectivity index (χ0n) is 13.0. The molecule has 0 aliphatic carbocycles. The molecule has 5 nitrogen and oxygen atoms in total. The van der Waals surface area contributed by atoms with E-state index in [4.69, 9.17) is 4.74 Å². The van der Waals surface area contributed by atoms with Crippen molar-refractivity contribution in [3.63, 3.8) is 0 Å². The van der Waals surface area contributed by atoms with Crippen LogP contribution in [-0.2, 0) is 4.74 Å². The van der Waals surface area contributed by atoms with Gasteiger partial charge >= 0.3 is 0 Å². The van der Waals surface area contributed by atoms with Crippen molar-refractivity contribution in [3.8, 4) is 0 Å². The second-order valence-corrected chi connectivity index (χ2v) is 5.72. The second-order valence-electron chi connectivity index (χ2n) is 5.72. The predicted octanol–water partition coefficient (Wildman–Crippen LogP) is 2.23. The van der Waals surface area contributed by atoms with Crippen molar-refractivity contribution >= 4 is 5.95 Å². The highest BCUT2D eigenvalue weighted by Gasteiger charge is 2.18. The lowest BCUT2D eigenvalue weighted by atomic mass is 9.97. The van der Waals surface area contributed by atoms with Crippen LogP contribution in [0.5, 0.6) is 0 Å². The van der Waals surface area contributed by atoms with Gasteiger partial charge in [0.2, 0.25) is 5.95 Å². The third kappa shape index (κ3) is 3.96. The van der Waals surface area contributed by atoms with Crippen LogP contribution in [0, 0.1) is 5.92 Å². The molecule has 1 saturated heterocycles. The van der Waals surface area contributed by atoms with Gasteiger partial charge in [-0.05, 0) is 45.3 Å². The van der Waals surface area contributed by atoms with Gasteiger partial charge in [0.05, 0.1) is 12.6 Å². The van der Waals surface area contributed by atoms with Crippen LogP contribution in [0.2, 0.25) is 0 Å². The molecule has 1 aliphatic rings. The first-order valence-electron chi connectivity index (χ1n) is 7.72. The molecule has 20 heavy (non-hydrogen) atoms. The van der Waals surface area contributed by atoms with Gasteiger partial charge < -0.3 is 19.5 Å². The Hall–Kier alpha value is -1.07. The summed E-state index contributed by atoms with van der Waals surface area (Å²) in [5.74, 6) is 1.73. The molecule has 114 valence electrons. The fourth-order valence-corrected chi connectivity index (χ4v) is 2.87. The Bertz CT molecular complexity index is 385. The third-order valence-corrected chi connectivity index (χ3v) is 4.25. The lowest BCUT2D eigenvalue weighted by Gasteiger charge is -2.31. The van der Waals surface area contributed by atoms with Gasteiger partial charge in [-0.3, -0.25) is 0 Å². The second kappa shape index (κ2) is 7.64. The minimum atomic E-state index is 0.312. The smallest absolute Gasteiger partial charge is 0.203 e. The first-order valence-corrected chi connectivity index (χ1v) is 7.72. The minimum Gasteiger partial charge on any atom is -0.383 e. The summed E-state index contributed by atoms with van der Waals surface area (Å²) in [6.07, 6.45) is 6.45. The van der Waals surface area contributed by atoms with E-state index in [2.05, 4.69) is 33.6 Å². The Labute approximate surface area is 122 Å². The molecule has 1 aromatic rings. The van der Waals surface area contributed by atoms with E-state index in [9.17, 15) is 0 Å². The normalized spacial score (nSPS) is 19.1. The molecule has 1 fully saturated rings. The summed E-state index contributed by atoms with van der Waals surface area (Å²) >= 11 is 0. The molecule has 0 bridgehead atoms. The lowest BCUT2D eigenvalue weighted by molar-refractivity contribution is 0.163. The number of imidazole rings is 1. The van der Waals surface area contributed by atoms with E-state index in [0.29, 0.717) is 12.6 Å². The van der Waals surface area contributed by atoms with Crippen LogP contribution in [0.1, 0.15) is 32.7 Å². The fraction of sp³-hybridized carbons (Fsp3) is 0.800. The molecule has 1 aliphatic heterocycles. The van der Waals surface area contributed by atoms with E-state index in [-0.39, 0.29) is 0 Å². The van der Waals surface area contributed by atoms with Gasteiger partial charge in [-0.25, -0.2) is 4.98 Å². The van der Waals surface area contributed by atoms with Gasteiger partial charge in [0, 0.05) is 26.0 Å². The average Bonchev–Trinajstić information content (AvgIpc) is 2.94. The first kappa shape index (κ1) is 15.3. The molecular weight excluding hydrogens is 252 g/mol. The number of hydrogen-bond acceptors (Lipinski definition) is 4. The van der Waals surface area contributed by atoms with E-state index in [1.165, 1.54) is 32.5 Å². The van der Waals surface area contributed by atoms with Crippen LogP contribution in [0.4, 0.5) is 5.95 Å². The number of aromatic nitrogens is 2. The number of methoxy groups -OCH3 is 1. The molecule has 0 radical (unpaired) electrons. The largest absolute Gasteiger partial charge is 0.383 e. The number of hydrogen-bond donors (Lipinski definition) is 1. The fourth-order valence-electron chi connectivity index (χ4n) is 2.87. The summed E-state index contributed by atoms with van der Waals surface area (Å²) in [4.78, 5) is 6.95. The van der Waals surface area contributed by atoms with Gasteiger partial charge in [-0.15, -0.1) is 0 Å². The summed E-state index contributed by atoms with van der Waals surface area (Å²) in [7, 11) is 1.74. The highest BCUT2D eigenvalue weighted by molar-refractivity contribution is 5.26. The van der Waals surface area contributed by atoms with Crippen molar-refractivity contribution in [3.05, 3.63) is 12.4 Å². The van der Waals surface area contributed by atoms with Gasteiger partial charge in [0.15, 0.2) is 0 Å². The number of rotatable bonds is 7. The van der Waals surface area contributed by atoms with Gasteiger partial charge in [0.1, 0.15) is 0 Å². The van der Waals surface area contributed by atoms with E-state index < -0.39 is 0 Å². The maximum atomic E-state index is 5.22. The van der Waals surface area contributed by atoms with Crippen LogP contribution in [0.3, 0.4) is 0 Å². The predicted molar refractivity (Wildman–Crippen MR) is 82.1 cm³/mol. The number of likely N-dealkylation sites (tertiary alicyclic amines) is 1. The Morgan fingerprint density at radius 3 is 2.85 bits per heavy atom. The van der Waals surface area contributed by atoms with Crippen molar-refractivity contribution in [2.24, 2.45) is 5.92 Å². The first-order chi connectivity index (χ1) is 9.74. The number of ether oxygens (including phenoxy) is 1. The minimum absolute atomic E-state index is 0.312. The molecule has 1 unspecified atom stereocenters. The zero-order valence-corrected chi connectivity index (χ0v) is 13.0. The van der Waals surface area contributed by atoms with Crippen LogP contribution < -0.4 is 5.32 Å². The Morgan fingerprint density at radius 2 is 2.20 bits per heavy atom. The van der Waals surface area contributed by atoms with Gasteiger partial charge in [-0.1, -0.05) is 6.92 Å². The summed E-state index contributed by atoms with van der Waals surface area (Å²) < 4.78 is 7.38. The van der Waals surface area contributed by atoms with Crippen LogP contribution in [0.25, 0.3) is 0 Å². The monoisotopic (exact) mass is 280 g/mol. The van der Waals surface area contributed by atoms with Crippen molar-refractivity contribution in [2.75, 3.05) is 45.2 Å². The van der Waals surface area contributed by atoms with E-state index >= 15 is 0 Å². The SMILES string of the molecule is CCN1CCC(CNc2nccn2C(C)COC)CC1. The maximum absolute atomic E-state index is 5.22. The van der Waals surface area contributed by atoms with Gasteiger partial charge in [0.25, 0.3) is 0 Å². The molecular formula is C15H28N4O. The number of nitrogens with zero attached hydrogens (tertiary/aromatic N) is 3. The Kier molecular flexibility index (Phi) is 5.86. The van der Waals surface area contributed by atoms with Crippen molar-refractivity contribution in [2.45, 2.75) is 32.7 Å². The van der Waals surface area contributed by atoms with Crippen molar-refractivity contribution in [1.29, 1.82) is 0 Å². The van der Waals surface area contributed by atoms with E-state index in [0.717, 1.165) is 18.4 Å². The summed E-state index contributed by atoms with van der Waals surface area (Å²) in [5, 5.41) is 3.51. The molecule has 0 spiro atoms. The van der Waals surface area contributed by atoms with Crippen LogP contribution in [-0.4, -0.2) is 54.3 Å². The maximum Gasteiger partial charge on any atom is 0.203 e. The van der Waals surface area contributed by atoms with Crippen LogP contribution >= 0.6 is 0 Å². The molecule has 0 saturated carbocycles. The molecule has 2 rings (SSSR count). The van der Waals surface area contributed by atoms with E-state index in [1.807, 2.05) is 12.4 Å². The molecule has 5 heteroatoms. The summed E-state index contributed by atoms with van der Waals surface area (Å²) in [5.41, 5.74) is 0. The molecule has 0 amide bonds.